The van der Waals surface area contributed by atoms with Crippen molar-refractivity contribution in [2.75, 3.05) is 0 Å². The molecule has 2 aromatic rings. The van der Waals surface area contributed by atoms with Crippen molar-refractivity contribution < 1.29 is 13.6 Å². The summed E-state index contributed by atoms with van der Waals surface area (Å²) in [5, 5.41) is 0.804. The molecule has 1 nitrogen and oxygen atoms in total. The van der Waals surface area contributed by atoms with Gasteiger partial charge in [0.1, 0.15) is 0 Å². The van der Waals surface area contributed by atoms with Gasteiger partial charge in [-0.25, -0.2) is 8.78 Å². The Labute approximate surface area is 96.8 Å². The molecular formula is C10H5BrF2OS. The normalized spacial score (nSPS) is 11.2. The fourth-order valence-corrected chi connectivity index (χ4v) is 2.61. The van der Waals surface area contributed by atoms with Gasteiger partial charge in [-0.15, -0.1) is 11.3 Å². The van der Waals surface area contributed by atoms with Gasteiger partial charge < -0.3 is 0 Å². The predicted octanol–water partition coefficient (Wildman–Crippen LogP) is 4.11. The summed E-state index contributed by atoms with van der Waals surface area (Å²) in [4.78, 5) is 11.2. The van der Waals surface area contributed by atoms with Crippen LogP contribution in [0.25, 0.3) is 10.1 Å². The van der Waals surface area contributed by atoms with E-state index in [9.17, 15) is 13.6 Å². The summed E-state index contributed by atoms with van der Waals surface area (Å²) in [6.45, 7) is 0. The van der Waals surface area contributed by atoms with Crippen LogP contribution in [0, 0.1) is 0 Å². The Balaban J connectivity index is 2.52. The fraction of sp³-hybridized carbons (Fsp3) is 0.100. The monoisotopic (exact) mass is 290 g/mol. The number of Topliss-reactive ketones (excluding diaryl/α,β-unsaturated/α-hetero) is 1. The molecule has 0 saturated heterocycles. The fourth-order valence-electron chi connectivity index (χ4n) is 1.24. The van der Waals surface area contributed by atoms with Crippen molar-refractivity contribution in [2.45, 2.75) is 6.43 Å². The molecule has 5 heteroatoms. The van der Waals surface area contributed by atoms with Gasteiger partial charge in [0.15, 0.2) is 0 Å². The molecule has 0 aliphatic carbocycles. The van der Waals surface area contributed by atoms with Crippen LogP contribution in [0.15, 0.2) is 28.7 Å². The third kappa shape index (κ3) is 2.08. The molecule has 0 amide bonds. The SMILES string of the molecule is O=C(c1cc2cc(Br)ccc2s1)C(F)F. The van der Waals surface area contributed by atoms with Crippen LogP contribution in [0.4, 0.5) is 8.78 Å². The summed E-state index contributed by atoms with van der Waals surface area (Å²) in [6, 6.07) is 6.91. The van der Waals surface area contributed by atoms with Crippen LogP contribution in [0.1, 0.15) is 9.67 Å². The van der Waals surface area contributed by atoms with E-state index < -0.39 is 12.2 Å². The van der Waals surface area contributed by atoms with Gasteiger partial charge in [-0.05, 0) is 29.7 Å². The van der Waals surface area contributed by atoms with Crippen LogP contribution in [0.2, 0.25) is 0 Å². The van der Waals surface area contributed by atoms with Gasteiger partial charge in [0, 0.05) is 9.17 Å². The van der Waals surface area contributed by atoms with Gasteiger partial charge in [0.05, 0.1) is 4.88 Å². The van der Waals surface area contributed by atoms with Crippen LogP contribution in [-0.2, 0) is 0 Å². The first-order valence-electron chi connectivity index (χ1n) is 4.09. The maximum Gasteiger partial charge on any atom is 0.301 e. The number of carbonyl (C=O) groups is 1. The van der Waals surface area contributed by atoms with Crippen molar-refractivity contribution in [2.24, 2.45) is 0 Å². The first-order chi connectivity index (χ1) is 7.08. The van der Waals surface area contributed by atoms with Gasteiger partial charge >= 0.3 is 6.43 Å². The molecule has 0 fully saturated rings. The Hall–Kier alpha value is -0.810. The second kappa shape index (κ2) is 3.98. The van der Waals surface area contributed by atoms with Gasteiger partial charge in [0.25, 0.3) is 0 Å². The Morgan fingerprint density at radius 1 is 1.33 bits per heavy atom. The molecule has 0 atom stereocenters. The van der Waals surface area contributed by atoms with Crippen molar-refractivity contribution in [1.29, 1.82) is 0 Å². The number of alkyl halides is 2. The molecule has 2 rings (SSSR count). The largest absolute Gasteiger partial charge is 0.301 e. The third-order valence-electron chi connectivity index (χ3n) is 1.92. The second-order valence-electron chi connectivity index (χ2n) is 2.96. The zero-order valence-electron chi connectivity index (χ0n) is 7.34. The van der Waals surface area contributed by atoms with Crippen LogP contribution >= 0.6 is 27.3 Å². The van der Waals surface area contributed by atoms with Crippen LogP contribution in [-0.4, -0.2) is 12.2 Å². The van der Waals surface area contributed by atoms with E-state index in [4.69, 9.17) is 0 Å². The van der Waals surface area contributed by atoms with E-state index in [0.717, 1.165) is 25.9 Å². The molecule has 0 N–H and O–H groups in total. The van der Waals surface area contributed by atoms with E-state index in [0.29, 0.717) is 0 Å². The zero-order chi connectivity index (χ0) is 11.0. The molecule has 0 saturated carbocycles. The first-order valence-corrected chi connectivity index (χ1v) is 5.70. The molecule has 0 radical (unpaired) electrons. The minimum atomic E-state index is -2.93. The lowest BCUT2D eigenvalue weighted by atomic mass is 10.2. The molecule has 0 aliphatic rings. The lowest BCUT2D eigenvalue weighted by molar-refractivity contribution is 0.0683. The Bertz CT molecular complexity index is 521. The second-order valence-corrected chi connectivity index (χ2v) is 4.96. The van der Waals surface area contributed by atoms with Crippen molar-refractivity contribution in [3.8, 4) is 0 Å². The number of thiophene rings is 1. The Kier molecular flexibility index (Phi) is 2.84. The molecule has 1 heterocycles. The lowest BCUT2D eigenvalue weighted by Gasteiger charge is -1.91. The molecule has 78 valence electrons. The van der Waals surface area contributed by atoms with E-state index in [1.54, 1.807) is 12.1 Å². The van der Waals surface area contributed by atoms with Crippen LogP contribution in [0.3, 0.4) is 0 Å². The number of rotatable bonds is 2. The van der Waals surface area contributed by atoms with Crippen molar-refractivity contribution in [1.82, 2.24) is 0 Å². The molecule has 1 aromatic carbocycles. The molecular weight excluding hydrogens is 286 g/mol. The summed E-state index contributed by atoms with van der Waals surface area (Å²) in [5.74, 6) is -1.10. The van der Waals surface area contributed by atoms with Gasteiger partial charge in [-0.1, -0.05) is 15.9 Å². The average molecular weight is 291 g/mol. The molecule has 0 unspecified atom stereocenters. The lowest BCUT2D eigenvalue weighted by Crippen LogP contribution is -2.07. The highest BCUT2D eigenvalue weighted by molar-refractivity contribution is 9.10. The third-order valence-corrected chi connectivity index (χ3v) is 3.54. The summed E-state index contributed by atoms with van der Waals surface area (Å²) >= 11 is 4.37. The maximum atomic E-state index is 12.2. The van der Waals surface area contributed by atoms with E-state index in [1.165, 1.54) is 6.07 Å². The number of ketones is 1. The standard InChI is InChI=1S/C10H5BrF2OS/c11-6-1-2-7-5(3-6)4-8(15-7)9(14)10(12)13/h1-4,10H. The quantitative estimate of drug-likeness (QED) is 0.761. The van der Waals surface area contributed by atoms with Gasteiger partial charge in [0.2, 0.25) is 5.78 Å². The van der Waals surface area contributed by atoms with E-state index in [2.05, 4.69) is 15.9 Å². The molecule has 0 aliphatic heterocycles. The number of carbonyl (C=O) groups excluding carboxylic acids is 1. The van der Waals surface area contributed by atoms with E-state index in [-0.39, 0.29) is 4.88 Å². The van der Waals surface area contributed by atoms with Crippen molar-refractivity contribution >= 4 is 43.1 Å². The van der Waals surface area contributed by atoms with E-state index >= 15 is 0 Å². The summed E-state index contributed by atoms with van der Waals surface area (Å²) < 4.78 is 26.0. The number of benzene rings is 1. The first kappa shape index (κ1) is 10.7. The van der Waals surface area contributed by atoms with E-state index in [1.807, 2.05) is 6.07 Å². The minimum absolute atomic E-state index is 0.109. The number of fused-ring (bicyclic) bond motifs is 1. The Morgan fingerprint density at radius 3 is 2.73 bits per heavy atom. The molecule has 15 heavy (non-hydrogen) atoms. The molecule has 0 bridgehead atoms. The topological polar surface area (TPSA) is 17.1 Å². The number of hydrogen-bond acceptors (Lipinski definition) is 2. The van der Waals surface area contributed by atoms with Gasteiger partial charge in [-0.2, -0.15) is 0 Å². The highest BCUT2D eigenvalue weighted by Crippen LogP contribution is 2.29. The van der Waals surface area contributed by atoms with Crippen LogP contribution in [0.5, 0.6) is 0 Å². The average Bonchev–Trinajstić information content (AvgIpc) is 2.58. The Morgan fingerprint density at radius 2 is 2.07 bits per heavy atom. The zero-order valence-corrected chi connectivity index (χ0v) is 9.74. The predicted molar refractivity (Wildman–Crippen MR) is 59.9 cm³/mol. The summed E-state index contributed by atoms with van der Waals surface area (Å²) in [5.41, 5.74) is 0. The van der Waals surface area contributed by atoms with Crippen molar-refractivity contribution in [3.05, 3.63) is 33.6 Å². The maximum absolute atomic E-state index is 12.2. The molecule has 1 aromatic heterocycles. The number of hydrogen-bond donors (Lipinski definition) is 0. The minimum Gasteiger partial charge on any atom is -0.287 e. The summed E-state index contributed by atoms with van der Waals surface area (Å²) in [6.07, 6.45) is -2.93. The highest BCUT2D eigenvalue weighted by atomic mass is 79.9. The molecule has 0 spiro atoms. The smallest absolute Gasteiger partial charge is 0.287 e. The van der Waals surface area contributed by atoms with Gasteiger partial charge in [-0.3, -0.25) is 4.79 Å². The number of halogens is 3. The van der Waals surface area contributed by atoms with Crippen LogP contribution < -0.4 is 0 Å². The summed E-state index contributed by atoms with van der Waals surface area (Å²) in [7, 11) is 0. The highest BCUT2D eigenvalue weighted by Gasteiger charge is 2.19. The van der Waals surface area contributed by atoms with Crippen molar-refractivity contribution in [3.63, 3.8) is 0 Å².